The molecule has 0 heterocycles. The number of rotatable bonds is 6. The topological polar surface area (TPSA) is 0 Å². The predicted octanol–water partition coefficient (Wildman–Crippen LogP) is 7.48. The van der Waals surface area contributed by atoms with Crippen molar-refractivity contribution < 1.29 is 8.78 Å². The summed E-state index contributed by atoms with van der Waals surface area (Å²) >= 11 is 0. The minimum atomic E-state index is -0.742. The highest BCUT2D eigenvalue weighted by Gasteiger charge is 2.30. The lowest BCUT2D eigenvalue weighted by atomic mass is 9.68. The molecular formula is C24H34F2. The fraction of sp³-hybridized carbons (Fsp3) is 0.667. The maximum absolute atomic E-state index is 13.3. The number of benzene rings is 1. The van der Waals surface area contributed by atoms with Gasteiger partial charge in [0.1, 0.15) is 0 Å². The van der Waals surface area contributed by atoms with Gasteiger partial charge in [-0.3, -0.25) is 0 Å². The largest absolute Gasteiger partial charge is 0.204 e. The summed E-state index contributed by atoms with van der Waals surface area (Å²) in [6.45, 7) is 2.22. The fourth-order valence-electron chi connectivity index (χ4n) is 5.15. The van der Waals surface area contributed by atoms with E-state index in [1.165, 1.54) is 63.5 Å². The second-order valence-corrected chi connectivity index (χ2v) is 8.58. The molecular weight excluding hydrogens is 326 g/mol. The molecule has 0 atom stereocenters. The summed E-state index contributed by atoms with van der Waals surface area (Å²) in [5.74, 6) is 2.03. The molecule has 0 radical (unpaired) electrons. The Morgan fingerprint density at radius 3 is 2.15 bits per heavy atom. The van der Waals surface area contributed by atoms with Crippen LogP contribution < -0.4 is 0 Å². The molecule has 0 aromatic heterocycles. The second-order valence-electron chi connectivity index (χ2n) is 8.58. The van der Waals surface area contributed by atoms with Gasteiger partial charge in [0.2, 0.25) is 0 Å². The average Bonchev–Trinajstić information content (AvgIpc) is 2.68. The Labute approximate surface area is 158 Å². The van der Waals surface area contributed by atoms with Crippen molar-refractivity contribution in [3.8, 4) is 0 Å². The highest BCUT2D eigenvalue weighted by atomic mass is 19.2. The van der Waals surface area contributed by atoms with Crippen LogP contribution in [0.1, 0.15) is 76.7 Å². The van der Waals surface area contributed by atoms with Gasteiger partial charge >= 0.3 is 0 Å². The Hall–Kier alpha value is -1.18. The summed E-state index contributed by atoms with van der Waals surface area (Å²) in [7, 11) is 0. The molecule has 144 valence electrons. The maximum atomic E-state index is 13.3. The SMILES string of the molecule is CCC=C[C@H]1CC[C@H]([C@H]2CC[C@H](CCc3ccc(F)c(F)c3)CC2)CC1. The molecule has 2 aliphatic rings. The summed E-state index contributed by atoms with van der Waals surface area (Å²) in [4.78, 5) is 0. The van der Waals surface area contributed by atoms with Crippen LogP contribution in [-0.4, -0.2) is 0 Å². The number of halogens is 2. The molecule has 0 N–H and O–H groups in total. The number of allylic oxidation sites excluding steroid dienone is 2. The van der Waals surface area contributed by atoms with E-state index in [1.807, 2.05) is 0 Å². The van der Waals surface area contributed by atoms with Crippen molar-refractivity contribution in [2.24, 2.45) is 23.7 Å². The lowest BCUT2D eigenvalue weighted by Gasteiger charge is -2.37. The summed E-state index contributed by atoms with van der Waals surface area (Å²) in [6, 6.07) is 4.36. The first-order valence-electron chi connectivity index (χ1n) is 10.8. The monoisotopic (exact) mass is 360 g/mol. The minimum Gasteiger partial charge on any atom is -0.204 e. The molecule has 2 saturated carbocycles. The van der Waals surface area contributed by atoms with Crippen LogP contribution in [0.5, 0.6) is 0 Å². The first kappa shape index (κ1) is 19.6. The third-order valence-corrected chi connectivity index (χ3v) is 6.84. The Balaban J connectivity index is 1.38. The standard InChI is InChI=1S/C24H34F2/c1-2-3-4-18-7-12-21(13-8-18)22-14-9-19(10-15-22)5-6-20-11-16-23(25)24(26)17-20/h3-4,11,16-19,21-22H,2,5-10,12-15H2,1H3/t18-,19-,21-,22-. The number of aryl methyl sites for hydroxylation is 1. The lowest BCUT2D eigenvalue weighted by molar-refractivity contribution is 0.152. The Bertz CT molecular complexity index is 576. The fourth-order valence-corrected chi connectivity index (χ4v) is 5.15. The molecule has 2 heteroatoms. The van der Waals surface area contributed by atoms with Crippen LogP contribution in [-0.2, 0) is 6.42 Å². The normalized spacial score (nSPS) is 30.0. The van der Waals surface area contributed by atoms with E-state index in [0.717, 1.165) is 48.5 Å². The molecule has 26 heavy (non-hydrogen) atoms. The van der Waals surface area contributed by atoms with E-state index in [2.05, 4.69) is 19.1 Å². The second kappa shape index (κ2) is 9.67. The van der Waals surface area contributed by atoms with Gasteiger partial charge in [-0.2, -0.15) is 0 Å². The van der Waals surface area contributed by atoms with Gasteiger partial charge in [-0.25, -0.2) is 8.78 Å². The summed E-state index contributed by atoms with van der Waals surface area (Å²) in [6.07, 6.45) is 19.0. The quantitative estimate of drug-likeness (QED) is 0.461. The van der Waals surface area contributed by atoms with E-state index >= 15 is 0 Å². The third kappa shape index (κ3) is 5.41. The summed E-state index contributed by atoms with van der Waals surface area (Å²) in [5.41, 5.74) is 0.935. The summed E-state index contributed by atoms with van der Waals surface area (Å²) in [5, 5.41) is 0. The van der Waals surface area contributed by atoms with E-state index in [0.29, 0.717) is 0 Å². The molecule has 1 aromatic rings. The first-order chi connectivity index (χ1) is 12.7. The van der Waals surface area contributed by atoms with Gasteiger partial charge in [-0.15, -0.1) is 0 Å². The van der Waals surface area contributed by atoms with E-state index in [1.54, 1.807) is 6.07 Å². The van der Waals surface area contributed by atoms with Crippen molar-refractivity contribution in [2.45, 2.75) is 77.6 Å². The Kier molecular flexibility index (Phi) is 7.28. The van der Waals surface area contributed by atoms with Crippen molar-refractivity contribution in [1.29, 1.82) is 0 Å². The van der Waals surface area contributed by atoms with E-state index in [4.69, 9.17) is 0 Å². The van der Waals surface area contributed by atoms with Crippen molar-refractivity contribution in [3.05, 3.63) is 47.5 Å². The molecule has 2 fully saturated rings. The molecule has 0 unspecified atom stereocenters. The first-order valence-corrected chi connectivity index (χ1v) is 10.8. The van der Waals surface area contributed by atoms with Gasteiger partial charge in [0.25, 0.3) is 0 Å². The van der Waals surface area contributed by atoms with Gasteiger partial charge in [0.15, 0.2) is 11.6 Å². The highest BCUT2D eigenvalue weighted by molar-refractivity contribution is 5.17. The molecule has 1 aromatic carbocycles. The molecule has 2 aliphatic carbocycles. The highest BCUT2D eigenvalue weighted by Crippen LogP contribution is 2.42. The van der Waals surface area contributed by atoms with Crippen molar-refractivity contribution in [2.75, 3.05) is 0 Å². The molecule has 0 nitrogen and oxygen atoms in total. The van der Waals surface area contributed by atoms with Crippen LogP contribution in [0, 0.1) is 35.3 Å². The van der Waals surface area contributed by atoms with Gasteiger partial charge in [-0.05, 0) is 99.2 Å². The van der Waals surface area contributed by atoms with Gasteiger partial charge < -0.3 is 0 Å². The molecule has 0 aliphatic heterocycles. The van der Waals surface area contributed by atoms with Crippen LogP contribution >= 0.6 is 0 Å². The van der Waals surface area contributed by atoms with Crippen LogP contribution in [0.25, 0.3) is 0 Å². The molecule has 0 amide bonds. The van der Waals surface area contributed by atoms with Gasteiger partial charge in [0.05, 0.1) is 0 Å². The third-order valence-electron chi connectivity index (χ3n) is 6.84. The van der Waals surface area contributed by atoms with Crippen LogP contribution in [0.15, 0.2) is 30.4 Å². The lowest BCUT2D eigenvalue weighted by Crippen LogP contribution is -2.25. The zero-order valence-corrected chi connectivity index (χ0v) is 16.2. The van der Waals surface area contributed by atoms with Crippen molar-refractivity contribution >= 4 is 0 Å². The zero-order chi connectivity index (χ0) is 18.4. The molecule has 0 saturated heterocycles. The number of hydrogen-bond acceptors (Lipinski definition) is 0. The minimum absolute atomic E-state index is 0.712. The van der Waals surface area contributed by atoms with Crippen LogP contribution in [0.3, 0.4) is 0 Å². The summed E-state index contributed by atoms with van der Waals surface area (Å²) < 4.78 is 26.3. The van der Waals surface area contributed by atoms with Crippen LogP contribution in [0.4, 0.5) is 8.78 Å². The number of hydrogen-bond donors (Lipinski definition) is 0. The Morgan fingerprint density at radius 2 is 1.54 bits per heavy atom. The molecule has 0 bridgehead atoms. The van der Waals surface area contributed by atoms with Gasteiger partial charge in [0, 0.05) is 0 Å². The smallest absolute Gasteiger partial charge is 0.159 e. The average molecular weight is 361 g/mol. The van der Waals surface area contributed by atoms with E-state index < -0.39 is 11.6 Å². The van der Waals surface area contributed by atoms with Crippen LogP contribution in [0.2, 0.25) is 0 Å². The van der Waals surface area contributed by atoms with E-state index in [-0.39, 0.29) is 0 Å². The van der Waals surface area contributed by atoms with E-state index in [9.17, 15) is 8.78 Å². The molecule has 3 rings (SSSR count). The Morgan fingerprint density at radius 1 is 0.885 bits per heavy atom. The predicted molar refractivity (Wildman–Crippen MR) is 105 cm³/mol. The van der Waals surface area contributed by atoms with Crippen molar-refractivity contribution in [1.82, 2.24) is 0 Å². The maximum Gasteiger partial charge on any atom is 0.159 e. The molecule has 0 spiro atoms. The van der Waals surface area contributed by atoms with Gasteiger partial charge in [-0.1, -0.05) is 38.0 Å². The zero-order valence-electron chi connectivity index (χ0n) is 16.2. The van der Waals surface area contributed by atoms with Crippen molar-refractivity contribution in [3.63, 3.8) is 0 Å².